The fraction of sp³-hybridized carbons (Fsp3) is 0.420. The summed E-state index contributed by atoms with van der Waals surface area (Å²) in [4.78, 5) is 4.73. The van der Waals surface area contributed by atoms with Crippen LogP contribution in [0.2, 0.25) is 0 Å². The fourth-order valence-corrected chi connectivity index (χ4v) is 8.99. The van der Waals surface area contributed by atoms with Gasteiger partial charge >= 0.3 is 0 Å². The van der Waals surface area contributed by atoms with Gasteiger partial charge in [-0.15, -0.1) is 0 Å². The Hall–Kier alpha value is -4.13. The number of hydroxylamine groups is 6. The SMILES string of the molecule is CC[N+](O)(CC)CCCCCCC1(CCCCCC[N+](O)(CC)CC)c2cc(-c3ccccc3)ccc2-c2ccc(-c3cncc(-c4ccccc4)c3)cc21. The third-order valence-corrected chi connectivity index (χ3v) is 12.9. The number of quaternary nitrogens is 2. The van der Waals surface area contributed by atoms with E-state index in [-0.39, 0.29) is 14.7 Å². The topological polar surface area (TPSA) is 53.4 Å². The summed E-state index contributed by atoms with van der Waals surface area (Å²) >= 11 is 0. The van der Waals surface area contributed by atoms with Crippen molar-refractivity contribution in [1.29, 1.82) is 0 Å². The van der Waals surface area contributed by atoms with Crippen LogP contribution in [-0.4, -0.2) is 64.0 Å². The monoisotopic (exact) mass is 740 g/mol. The molecule has 0 amide bonds. The average molecular weight is 740 g/mol. The molecule has 1 aliphatic rings. The van der Waals surface area contributed by atoms with Gasteiger partial charge in [0.1, 0.15) is 39.3 Å². The van der Waals surface area contributed by atoms with Gasteiger partial charge in [0.05, 0.1) is 0 Å². The normalized spacial score (nSPS) is 13.5. The summed E-state index contributed by atoms with van der Waals surface area (Å²) in [5, 5.41) is 21.8. The lowest BCUT2D eigenvalue weighted by Gasteiger charge is -2.33. The van der Waals surface area contributed by atoms with Crippen LogP contribution in [0.3, 0.4) is 0 Å². The van der Waals surface area contributed by atoms with Crippen LogP contribution in [0.15, 0.2) is 116 Å². The third kappa shape index (κ3) is 9.47. The molecule has 0 unspecified atom stereocenters. The number of hydrogen-bond donors (Lipinski definition) is 2. The molecule has 0 aliphatic heterocycles. The zero-order valence-electron chi connectivity index (χ0n) is 34.0. The predicted octanol–water partition coefficient (Wildman–Crippen LogP) is 12.7. The summed E-state index contributed by atoms with van der Waals surface area (Å²) < 4.78 is 0.339. The zero-order valence-corrected chi connectivity index (χ0v) is 34.0. The lowest BCUT2D eigenvalue weighted by molar-refractivity contribution is -1.10. The van der Waals surface area contributed by atoms with Crippen molar-refractivity contribution >= 4 is 0 Å². The Balaban J connectivity index is 1.35. The van der Waals surface area contributed by atoms with Crippen molar-refractivity contribution in [2.45, 2.75) is 97.3 Å². The molecule has 5 aromatic rings. The second-order valence-electron chi connectivity index (χ2n) is 16.0. The third-order valence-electron chi connectivity index (χ3n) is 12.9. The minimum absolute atomic E-state index is 0.108. The smallest absolute Gasteiger partial charge is 0.109 e. The Kier molecular flexibility index (Phi) is 13.8. The van der Waals surface area contributed by atoms with Crippen LogP contribution < -0.4 is 0 Å². The van der Waals surface area contributed by atoms with E-state index in [2.05, 4.69) is 131 Å². The maximum atomic E-state index is 10.9. The van der Waals surface area contributed by atoms with Crippen LogP contribution in [0.5, 0.6) is 0 Å². The van der Waals surface area contributed by atoms with E-state index in [4.69, 9.17) is 4.98 Å². The first-order valence-electron chi connectivity index (χ1n) is 21.3. The summed E-state index contributed by atoms with van der Waals surface area (Å²) in [5.41, 5.74) is 12.8. The zero-order chi connectivity index (χ0) is 38.7. The van der Waals surface area contributed by atoms with Gasteiger partial charge < -0.3 is 0 Å². The summed E-state index contributed by atoms with van der Waals surface area (Å²) in [6, 6.07) is 38.1. The predicted molar refractivity (Wildman–Crippen MR) is 229 cm³/mol. The first-order chi connectivity index (χ1) is 26.8. The Bertz CT molecular complexity index is 1920. The number of pyridine rings is 1. The first-order valence-corrected chi connectivity index (χ1v) is 21.3. The molecule has 5 heteroatoms. The number of fused-ring (bicyclic) bond motifs is 3. The van der Waals surface area contributed by atoms with Crippen LogP contribution in [-0.2, 0) is 5.41 Å². The highest BCUT2D eigenvalue weighted by atomic mass is 16.5. The van der Waals surface area contributed by atoms with Crippen LogP contribution in [0, 0.1) is 0 Å². The molecule has 0 radical (unpaired) electrons. The van der Waals surface area contributed by atoms with Crippen molar-refractivity contribution in [2.75, 3.05) is 39.3 Å². The highest BCUT2D eigenvalue weighted by Crippen LogP contribution is 2.55. The Morgan fingerprint density at radius 2 is 0.836 bits per heavy atom. The molecule has 0 bridgehead atoms. The van der Waals surface area contributed by atoms with E-state index in [1.165, 1.54) is 44.5 Å². The molecule has 55 heavy (non-hydrogen) atoms. The number of benzene rings is 4. The van der Waals surface area contributed by atoms with Crippen molar-refractivity contribution in [3.8, 4) is 44.5 Å². The molecule has 1 aliphatic carbocycles. The van der Waals surface area contributed by atoms with E-state index in [9.17, 15) is 10.4 Å². The minimum atomic E-state index is -0.108. The second-order valence-corrected chi connectivity index (χ2v) is 16.0. The molecule has 0 atom stereocenters. The quantitative estimate of drug-likeness (QED) is 0.0448. The summed E-state index contributed by atoms with van der Waals surface area (Å²) in [7, 11) is 0. The molecular formula is C50H65N3O2+2. The Labute approximate surface area is 331 Å². The molecule has 0 saturated heterocycles. The highest BCUT2D eigenvalue weighted by molar-refractivity contribution is 5.86. The van der Waals surface area contributed by atoms with Gasteiger partial charge in [0, 0.05) is 28.9 Å². The van der Waals surface area contributed by atoms with Crippen molar-refractivity contribution in [2.24, 2.45) is 0 Å². The van der Waals surface area contributed by atoms with Crippen molar-refractivity contribution in [3.63, 3.8) is 0 Å². The maximum absolute atomic E-state index is 10.9. The molecular weight excluding hydrogens is 675 g/mol. The first kappa shape index (κ1) is 40.5. The van der Waals surface area contributed by atoms with Gasteiger partial charge in [0.25, 0.3) is 0 Å². The second kappa shape index (κ2) is 18.7. The number of hydrogen-bond acceptors (Lipinski definition) is 3. The fourth-order valence-electron chi connectivity index (χ4n) is 8.99. The summed E-state index contributed by atoms with van der Waals surface area (Å²) in [6.07, 6.45) is 15.1. The van der Waals surface area contributed by atoms with Crippen LogP contribution in [0.1, 0.15) is 103 Å². The maximum Gasteiger partial charge on any atom is 0.109 e. The minimum Gasteiger partial charge on any atom is -0.263 e. The van der Waals surface area contributed by atoms with E-state index >= 15 is 0 Å². The van der Waals surface area contributed by atoms with E-state index in [1.54, 1.807) is 0 Å². The number of nitrogens with zero attached hydrogens (tertiary/aromatic N) is 3. The standard InChI is InChI=1S/C50H65N3O2/c1-5-52(54,6-2)33-21-11-9-19-31-50(32-20-10-12-22-34-53(55,7-3)8-4)48-36-42(40-23-15-13-16-24-40)27-29-46(48)47-30-28-43(37-49(47)50)45-35-44(38-51-39-45)41-25-17-14-18-26-41/h13-18,23-30,35-39,54-55H,5-12,19-22,31-34H2,1-4H3/q+2. The number of unbranched alkanes of at least 4 members (excludes halogenated alkanes) is 6. The molecule has 0 fully saturated rings. The molecule has 4 aromatic carbocycles. The van der Waals surface area contributed by atoms with Crippen molar-refractivity contribution in [3.05, 3.63) is 127 Å². The highest BCUT2D eigenvalue weighted by Gasteiger charge is 2.42. The Morgan fingerprint density at radius 3 is 1.29 bits per heavy atom. The van der Waals surface area contributed by atoms with Crippen LogP contribution >= 0.6 is 0 Å². The summed E-state index contributed by atoms with van der Waals surface area (Å²) in [6.45, 7) is 13.0. The molecule has 0 spiro atoms. The lowest BCUT2D eigenvalue weighted by atomic mass is 9.70. The number of rotatable bonds is 21. The van der Waals surface area contributed by atoms with Gasteiger partial charge in [0.15, 0.2) is 0 Å². The molecule has 1 aromatic heterocycles. The van der Waals surface area contributed by atoms with E-state index in [1.807, 2.05) is 12.4 Å². The van der Waals surface area contributed by atoms with Gasteiger partial charge in [-0.25, -0.2) is 10.4 Å². The van der Waals surface area contributed by atoms with Gasteiger partial charge in [0.2, 0.25) is 0 Å². The van der Waals surface area contributed by atoms with Gasteiger partial charge in [-0.1, -0.05) is 111 Å². The number of aromatic nitrogens is 1. The van der Waals surface area contributed by atoms with Gasteiger partial charge in [-0.05, 0) is 129 Å². The van der Waals surface area contributed by atoms with E-state index < -0.39 is 0 Å². The van der Waals surface area contributed by atoms with Crippen LogP contribution in [0.4, 0.5) is 0 Å². The van der Waals surface area contributed by atoms with Crippen molar-refractivity contribution < 1.29 is 19.7 Å². The molecule has 0 saturated carbocycles. The largest absolute Gasteiger partial charge is 0.263 e. The van der Waals surface area contributed by atoms with E-state index in [0.717, 1.165) is 115 Å². The van der Waals surface area contributed by atoms with Crippen molar-refractivity contribution in [1.82, 2.24) is 4.98 Å². The molecule has 6 rings (SSSR count). The van der Waals surface area contributed by atoms with Gasteiger partial charge in [-0.2, -0.15) is 9.29 Å². The van der Waals surface area contributed by atoms with Crippen LogP contribution in [0.25, 0.3) is 44.5 Å². The lowest BCUT2D eigenvalue weighted by Crippen LogP contribution is -2.44. The molecule has 2 N–H and O–H groups in total. The van der Waals surface area contributed by atoms with Gasteiger partial charge in [-0.3, -0.25) is 4.98 Å². The average Bonchev–Trinajstić information content (AvgIpc) is 3.51. The summed E-state index contributed by atoms with van der Waals surface area (Å²) in [5.74, 6) is 0. The van der Waals surface area contributed by atoms with E-state index in [0.29, 0.717) is 0 Å². The Morgan fingerprint density at radius 1 is 0.436 bits per heavy atom. The molecule has 290 valence electrons. The molecule has 1 heterocycles. The molecule has 5 nitrogen and oxygen atoms in total.